The number of carbonyl (C=O) groups is 2. The molecule has 0 aromatic heterocycles. The van der Waals surface area contributed by atoms with Crippen LogP contribution in [0.1, 0.15) is 24.2 Å². The van der Waals surface area contributed by atoms with E-state index in [0.717, 1.165) is 0 Å². The van der Waals surface area contributed by atoms with Gasteiger partial charge in [0.1, 0.15) is 5.75 Å². The fraction of sp³-hybridized carbons (Fsp3) is 0.263. The van der Waals surface area contributed by atoms with Gasteiger partial charge in [-0.25, -0.2) is 0 Å². The summed E-state index contributed by atoms with van der Waals surface area (Å²) in [5.41, 5.74) is 1.09. The maximum atomic E-state index is 12.2. The summed E-state index contributed by atoms with van der Waals surface area (Å²) in [6.45, 7) is 4.50. The molecule has 2 aromatic rings. The normalized spacial score (nSPS) is 10.2. The molecule has 0 heterocycles. The zero-order chi connectivity index (χ0) is 18.2. The minimum absolute atomic E-state index is 0.126. The third-order valence-electron chi connectivity index (χ3n) is 3.58. The van der Waals surface area contributed by atoms with Crippen molar-refractivity contribution in [3.8, 4) is 5.75 Å². The van der Waals surface area contributed by atoms with E-state index in [1.165, 1.54) is 6.92 Å². The van der Waals surface area contributed by atoms with Gasteiger partial charge in [0.05, 0.1) is 22.9 Å². The van der Waals surface area contributed by atoms with Crippen molar-refractivity contribution in [1.29, 1.82) is 0 Å². The highest BCUT2D eigenvalue weighted by Gasteiger charge is 2.16. The predicted molar refractivity (Wildman–Crippen MR) is 99.4 cm³/mol. The maximum absolute atomic E-state index is 12.2. The van der Waals surface area contributed by atoms with E-state index in [4.69, 9.17) is 16.3 Å². The number of ether oxygens (including phenoxy) is 1. The molecule has 1 N–H and O–H groups in total. The fourth-order valence-corrected chi connectivity index (χ4v) is 2.65. The van der Waals surface area contributed by atoms with Crippen LogP contribution in [0, 0.1) is 0 Å². The van der Waals surface area contributed by atoms with Crippen LogP contribution in [-0.2, 0) is 4.79 Å². The van der Waals surface area contributed by atoms with Crippen LogP contribution in [0.3, 0.4) is 0 Å². The quantitative estimate of drug-likeness (QED) is 0.821. The number of halogens is 1. The molecule has 0 atom stereocenters. The van der Waals surface area contributed by atoms with Crippen LogP contribution in [0.25, 0.3) is 0 Å². The van der Waals surface area contributed by atoms with Crippen LogP contribution < -0.4 is 15.0 Å². The number of carbonyl (C=O) groups excluding carboxylic acids is 2. The van der Waals surface area contributed by atoms with E-state index in [9.17, 15) is 9.59 Å². The molecule has 6 heteroatoms. The minimum Gasteiger partial charge on any atom is -0.492 e. The van der Waals surface area contributed by atoms with Crippen molar-refractivity contribution in [3.05, 3.63) is 59.1 Å². The third kappa shape index (κ3) is 4.97. The van der Waals surface area contributed by atoms with Gasteiger partial charge in [-0.1, -0.05) is 35.9 Å². The molecule has 2 amide bonds. The monoisotopic (exact) mass is 360 g/mol. The fourth-order valence-electron chi connectivity index (χ4n) is 2.43. The Bertz CT molecular complexity index is 749. The number of anilines is 1. The lowest BCUT2D eigenvalue weighted by Gasteiger charge is -2.23. The first kappa shape index (κ1) is 18.8. The molecule has 0 saturated carbocycles. The zero-order valence-electron chi connectivity index (χ0n) is 14.3. The Hall–Kier alpha value is -2.53. The second kappa shape index (κ2) is 9.08. The van der Waals surface area contributed by atoms with Crippen molar-refractivity contribution in [2.24, 2.45) is 0 Å². The summed E-state index contributed by atoms with van der Waals surface area (Å²) in [5.74, 6) is 0.240. The molecule has 2 aromatic carbocycles. The molecule has 132 valence electrons. The highest BCUT2D eigenvalue weighted by atomic mass is 35.5. The molecule has 0 radical (unpaired) electrons. The number of hydrogen-bond acceptors (Lipinski definition) is 3. The lowest BCUT2D eigenvalue weighted by atomic mass is 10.2. The Labute approximate surface area is 152 Å². The Morgan fingerprint density at radius 3 is 2.48 bits per heavy atom. The third-order valence-corrected chi connectivity index (χ3v) is 3.91. The van der Waals surface area contributed by atoms with Crippen LogP contribution in [0.15, 0.2) is 48.5 Å². The van der Waals surface area contributed by atoms with Gasteiger partial charge in [0, 0.05) is 20.0 Å². The van der Waals surface area contributed by atoms with Gasteiger partial charge in [-0.05, 0) is 31.2 Å². The van der Waals surface area contributed by atoms with Crippen molar-refractivity contribution >= 4 is 29.1 Å². The number of rotatable bonds is 7. The summed E-state index contributed by atoms with van der Waals surface area (Å²) >= 11 is 6.02. The van der Waals surface area contributed by atoms with Crippen LogP contribution in [0.2, 0.25) is 5.02 Å². The molecule has 0 bridgehead atoms. The number of nitrogens with one attached hydrogen (secondary N) is 1. The molecule has 25 heavy (non-hydrogen) atoms. The van der Waals surface area contributed by atoms with Crippen LogP contribution >= 0.6 is 11.6 Å². The van der Waals surface area contributed by atoms with Gasteiger partial charge < -0.3 is 15.0 Å². The van der Waals surface area contributed by atoms with Crippen molar-refractivity contribution < 1.29 is 14.3 Å². The van der Waals surface area contributed by atoms with Gasteiger partial charge in [0.15, 0.2) is 0 Å². The minimum atomic E-state index is -0.271. The van der Waals surface area contributed by atoms with Gasteiger partial charge >= 0.3 is 0 Å². The summed E-state index contributed by atoms with van der Waals surface area (Å²) in [6, 6.07) is 14.2. The molecule has 0 spiro atoms. The Morgan fingerprint density at radius 1 is 1.12 bits per heavy atom. The molecule has 0 aliphatic rings. The van der Waals surface area contributed by atoms with Crippen molar-refractivity contribution in [2.75, 3.05) is 24.6 Å². The van der Waals surface area contributed by atoms with Gasteiger partial charge in [0.2, 0.25) is 5.91 Å². The zero-order valence-corrected chi connectivity index (χ0v) is 15.0. The van der Waals surface area contributed by atoms with Crippen molar-refractivity contribution in [1.82, 2.24) is 5.32 Å². The maximum Gasteiger partial charge on any atom is 0.252 e. The Kier molecular flexibility index (Phi) is 6.83. The van der Waals surface area contributed by atoms with Crippen LogP contribution in [-0.4, -0.2) is 31.5 Å². The molecule has 5 nitrogen and oxygen atoms in total. The Morgan fingerprint density at radius 2 is 1.80 bits per heavy atom. The van der Waals surface area contributed by atoms with E-state index in [1.807, 2.05) is 31.2 Å². The van der Waals surface area contributed by atoms with Gasteiger partial charge in [-0.15, -0.1) is 0 Å². The molecule has 0 aliphatic carbocycles. The highest BCUT2D eigenvalue weighted by molar-refractivity contribution is 6.33. The summed E-state index contributed by atoms with van der Waals surface area (Å²) in [7, 11) is 0. The van der Waals surface area contributed by atoms with Crippen molar-refractivity contribution in [2.45, 2.75) is 13.8 Å². The first-order chi connectivity index (χ1) is 12.0. The smallest absolute Gasteiger partial charge is 0.252 e. The second-order valence-corrected chi connectivity index (χ2v) is 5.71. The van der Waals surface area contributed by atoms with E-state index < -0.39 is 0 Å². The molecule has 0 fully saturated rings. The Balaban J connectivity index is 2.05. The van der Waals surface area contributed by atoms with Gasteiger partial charge in [0.25, 0.3) is 5.91 Å². The van der Waals surface area contributed by atoms with Gasteiger partial charge in [-0.3, -0.25) is 9.59 Å². The number of benzene rings is 2. The summed E-state index contributed by atoms with van der Waals surface area (Å²) in [4.78, 5) is 25.8. The molecule has 0 unspecified atom stereocenters. The van der Waals surface area contributed by atoms with Crippen LogP contribution in [0.4, 0.5) is 5.69 Å². The second-order valence-electron chi connectivity index (χ2n) is 5.31. The standard InChI is InChI=1S/C19H21ClN2O3/c1-3-25-18-11-7-6-10-17(18)22(14(2)23)13-12-21-19(24)15-8-4-5-9-16(15)20/h4-11H,3,12-13H2,1-2H3,(H,21,24). The number of para-hydroxylation sites is 2. The predicted octanol–water partition coefficient (Wildman–Crippen LogP) is 3.52. The molecular formula is C19H21ClN2O3. The van der Waals surface area contributed by atoms with E-state index in [2.05, 4.69) is 5.32 Å². The van der Waals surface area contributed by atoms with Gasteiger partial charge in [-0.2, -0.15) is 0 Å². The summed E-state index contributed by atoms with van der Waals surface area (Å²) in [5, 5.41) is 3.18. The molecular weight excluding hydrogens is 340 g/mol. The lowest BCUT2D eigenvalue weighted by Crippen LogP contribution is -2.37. The number of nitrogens with zero attached hydrogens (tertiary/aromatic N) is 1. The topological polar surface area (TPSA) is 58.6 Å². The largest absolute Gasteiger partial charge is 0.492 e. The van der Waals surface area contributed by atoms with E-state index >= 15 is 0 Å². The van der Waals surface area contributed by atoms with Crippen molar-refractivity contribution in [3.63, 3.8) is 0 Å². The average Bonchev–Trinajstić information content (AvgIpc) is 2.60. The number of amides is 2. The molecule has 2 rings (SSSR count). The lowest BCUT2D eigenvalue weighted by molar-refractivity contribution is -0.116. The SMILES string of the molecule is CCOc1ccccc1N(CCNC(=O)c1ccccc1Cl)C(C)=O. The first-order valence-electron chi connectivity index (χ1n) is 8.07. The first-order valence-corrected chi connectivity index (χ1v) is 8.45. The van der Waals surface area contributed by atoms with E-state index in [-0.39, 0.29) is 11.8 Å². The molecule has 0 saturated heterocycles. The van der Waals surface area contributed by atoms with E-state index in [0.29, 0.717) is 41.7 Å². The van der Waals surface area contributed by atoms with Crippen LogP contribution in [0.5, 0.6) is 5.75 Å². The summed E-state index contributed by atoms with van der Waals surface area (Å²) < 4.78 is 5.58. The van der Waals surface area contributed by atoms with E-state index in [1.54, 1.807) is 29.2 Å². The highest BCUT2D eigenvalue weighted by Crippen LogP contribution is 2.28. The average molecular weight is 361 g/mol. The molecule has 0 aliphatic heterocycles. The summed E-state index contributed by atoms with van der Waals surface area (Å²) in [6.07, 6.45) is 0. The number of hydrogen-bond donors (Lipinski definition) is 1.